The standard InChI is InChI=1S/C11H5NO3/c13-6-2-4-7-3-1-5-8-9(7)12-11(15)10(8)14/h1,3,5-6H,(H,12,14,15). The lowest BCUT2D eigenvalue weighted by atomic mass is 10.1. The van der Waals surface area contributed by atoms with Crippen LogP contribution in [0.1, 0.15) is 15.9 Å². The summed E-state index contributed by atoms with van der Waals surface area (Å²) in [4.78, 5) is 32.5. The van der Waals surface area contributed by atoms with Crippen LogP contribution in [-0.4, -0.2) is 18.0 Å². The van der Waals surface area contributed by atoms with Gasteiger partial charge >= 0.3 is 0 Å². The summed E-state index contributed by atoms with van der Waals surface area (Å²) in [5.74, 6) is 3.55. The Kier molecular flexibility index (Phi) is 2.07. The average Bonchev–Trinajstić information content (AvgIpc) is 2.53. The second kappa shape index (κ2) is 3.39. The van der Waals surface area contributed by atoms with Gasteiger partial charge in [-0.3, -0.25) is 14.4 Å². The smallest absolute Gasteiger partial charge is 0.296 e. The molecule has 0 saturated heterocycles. The Morgan fingerprint density at radius 1 is 1.27 bits per heavy atom. The molecule has 0 radical (unpaired) electrons. The van der Waals surface area contributed by atoms with Gasteiger partial charge in [0, 0.05) is 5.56 Å². The predicted octanol–water partition coefficient (Wildman–Crippen LogP) is 0.372. The van der Waals surface area contributed by atoms with Gasteiger partial charge in [0.05, 0.1) is 11.3 Å². The van der Waals surface area contributed by atoms with Crippen molar-refractivity contribution >= 4 is 23.7 Å². The number of para-hydroxylation sites is 1. The van der Waals surface area contributed by atoms with Crippen molar-refractivity contribution in [2.45, 2.75) is 0 Å². The average molecular weight is 199 g/mol. The molecular weight excluding hydrogens is 194 g/mol. The molecule has 72 valence electrons. The minimum absolute atomic E-state index is 0.303. The van der Waals surface area contributed by atoms with Crippen LogP contribution in [0.2, 0.25) is 0 Å². The summed E-state index contributed by atoms with van der Waals surface area (Å²) in [5.41, 5.74) is 1.17. The number of amides is 1. The highest BCUT2D eigenvalue weighted by molar-refractivity contribution is 6.51. The number of carbonyl (C=O) groups is 3. The highest BCUT2D eigenvalue weighted by Gasteiger charge is 2.29. The molecule has 0 spiro atoms. The highest BCUT2D eigenvalue weighted by Crippen LogP contribution is 2.26. The van der Waals surface area contributed by atoms with Gasteiger partial charge in [0.1, 0.15) is 0 Å². The minimum atomic E-state index is -0.662. The molecule has 0 bridgehead atoms. The molecule has 1 N–H and O–H groups in total. The Morgan fingerprint density at radius 2 is 2.07 bits per heavy atom. The number of ketones is 1. The normalized spacial score (nSPS) is 12.5. The number of hydrogen-bond donors (Lipinski definition) is 1. The van der Waals surface area contributed by atoms with Crippen LogP contribution in [0, 0.1) is 11.8 Å². The maximum atomic E-state index is 11.3. The maximum absolute atomic E-state index is 11.3. The van der Waals surface area contributed by atoms with Gasteiger partial charge in [-0.1, -0.05) is 12.0 Å². The number of aldehydes is 1. The number of anilines is 1. The number of hydrogen-bond acceptors (Lipinski definition) is 3. The Labute approximate surface area is 85.3 Å². The predicted molar refractivity (Wildman–Crippen MR) is 52.3 cm³/mol. The van der Waals surface area contributed by atoms with E-state index in [0.717, 1.165) is 0 Å². The Bertz CT molecular complexity index is 534. The Hall–Kier alpha value is -2.41. The van der Waals surface area contributed by atoms with Crippen molar-refractivity contribution in [3.05, 3.63) is 29.3 Å². The van der Waals surface area contributed by atoms with Gasteiger partial charge < -0.3 is 5.32 Å². The third-order valence-corrected chi connectivity index (χ3v) is 2.02. The molecule has 0 atom stereocenters. The number of carbonyl (C=O) groups excluding carboxylic acids is 3. The molecule has 1 heterocycles. The molecular formula is C11H5NO3. The Balaban J connectivity index is 2.59. The monoisotopic (exact) mass is 199 g/mol. The number of rotatable bonds is 0. The van der Waals surface area contributed by atoms with Gasteiger partial charge in [-0.25, -0.2) is 0 Å². The van der Waals surface area contributed by atoms with E-state index in [4.69, 9.17) is 0 Å². The third-order valence-electron chi connectivity index (χ3n) is 2.02. The van der Waals surface area contributed by atoms with E-state index in [1.807, 2.05) is 0 Å². The van der Waals surface area contributed by atoms with E-state index >= 15 is 0 Å². The number of benzene rings is 1. The number of Topliss-reactive ketones (excluding diaryl/α,β-unsaturated/α-hetero) is 1. The molecule has 0 saturated carbocycles. The summed E-state index contributed by atoms with van der Waals surface area (Å²) >= 11 is 0. The van der Waals surface area contributed by atoms with Crippen molar-refractivity contribution in [2.24, 2.45) is 0 Å². The van der Waals surface area contributed by atoms with Gasteiger partial charge in [-0.2, -0.15) is 0 Å². The largest absolute Gasteiger partial charge is 0.317 e. The highest BCUT2D eigenvalue weighted by atomic mass is 16.2. The van der Waals surface area contributed by atoms with Crippen molar-refractivity contribution in [1.82, 2.24) is 0 Å². The van der Waals surface area contributed by atoms with Crippen molar-refractivity contribution in [2.75, 3.05) is 5.32 Å². The first-order valence-electron chi connectivity index (χ1n) is 4.18. The first-order valence-corrected chi connectivity index (χ1v) is 4.18. The molecule has 15 heavy (non-hydrogen) atoms. The molecule has 1 aliphatic heterocycles. The fourth-order valence-corrected chi connectivity index (χ4v) is 1.38. The van der Waals surface area contributed by atoms with Crippen LogP contribution in [0.15, 0.2) is 18.2 Å². The fraction of sp³-hybridized carbons (Fsp3) is 0. The van der Waals surface area contributed by atoms with Gasteiger partial charge in [0.25, 0.3) is 11.7 Å². The molecule has 2 rings (SSSR count). The summed E-state index contributed by atoms with van der Waals surface area (Å²) in [7, 11) is 0. The van der Waals surface area contributed by atoms with E-state index in [1.165, 1.54) is 0 Å². The first kappa shape index (κ1) is 9.16. The van der Waals surface area contributed by atoms with E-state index in [-0.39, 0.29) is 0 Å². The quantitative estimate of drug-likeness (QED) is 0.373. The summed E-state index contributed by atoms with van der Waals surface area (Å²) in [6.45, 7) is 0. The van der Waals surface area contributed by atoms with Crippen LogP contribution in [0.4, 0.5) is 5.69 Å². The summed E-state index contributed by atoms with van der Waals surface area (Å²) in [6.07, 6.45) is 0.456. The SMILES string of the molecule is O=CC#Cc1cccc2c1NC(=O)C2=O. The van der Waals surface area contributed by atoms with E-state index in [9.17, 15) is 14.4 Å². The Morgan fingerprint density at radius 3 is 2.80 bits per heavy atom. The van der Waals surface area contributed by atoms with Crippen LogP contribution in [-0.2, 0) is 9.59 Å². The molecule has 0 aromatic heterocycles. The van der Waals surface area contributed by atoms with Crippen LogP contribution in [0.5, 0.6) is 0 Å². The molecule has 1 aromatic carbocycles. The van der Waals surface area contributed by atoms with Gasteiger partial charge in [-0.05, 0) is 18.1 Å². The molecule has 0 fully saturated rings. The zero-order valence-electron chi connectivity index (χ0n) is 7.53. The van der Waals surface area contributed by atoms with Crippen molar-refractivity contribution in [3.63, 3.8) is 0 Å². The van der Waals surface area contributed by atoms with Crippen LogP contribution >= 0.6 is 0 Å². The zero-order valence-corrected chi connectivity index (χ0v) is 7.53. The third kappa shape index (κ3) is 1.40. The van der Waals surface area contributed by atoms with Gasteiger partial charge in [0.15, 0.2) is 6.29 Å². The van der Waals surface area contributed by atoms with Crippen molar-refractivity contribution < 1.29 is 14.4 Å². The zero-order chi connectivity index (χ0) is 10.8. The van der Waals surface area contributed by atoms with Crippen LogP contribution in [0.25, 0.3) is 0 Å². The van der Waals surface area contributed by atoms with Crippen molar-refractivity contribution in [1.29, 1.82) is 0 Å². The van der Waals surface area contributed by atoms with Crippen LogP contribution < -0.4 is 5.32 Å². The molecule has 4 heteroatoms. The molecule has 1 aliphatic rings. The maximum Gasteiger partial charge on any atom is 0.296 e. The fourth-order valence-electron chi connectivity index (χ4n) is 1.38. The number of fused-ring (bicyclic) bond motifs is 1. The molecule has 0 unspecified atom stereocenters. The van der Waals surface area contributed by atoms with E-state index in [0.29, 0.717) is 23.1 Å². The summed E-state index contributed by atoms with van der Waals surface area (Å²) in [5, 5.41) is 2.42. The summed E-state index contributed by atoms with van der Waals surface area (Å²) in [6, 6.07) is 4.79. The number of nitrogens with one attached hydrogen (secondary N) is 1. The molecule has 0 aliphatic carbocycles. The second-order valence-corrected chi connectivity index (χ2v) is 2.90. The van der Waals surface area contributed by atoms with E-state index < -0.39 is 11.7 Å². The van der Waals surface area contributed by atoms with Gasteiger partial charge in [0.2, 0.25) is 0 Å². The van der Waals surface area contributed by atoms with Gasteiger partial charge in [-0.15, -0.1) is 0 Å². The van der Waals surface area contributed by atoms with E-state index in [2.05, 4.69) is 17.2 Å². The summed E-state index contributed by atoms with van der Waals surface area (Å²) < 4.78 is 0. The molecule has 1 aromatic rings. The minimum Gasteiger partial charge on any atom is -0.317 e. The molecule has 1 amide bonds. The lowest BCUT2D eigenvalue weighted by molar-refractivity contribution is -0.112. The van der Waals surface area contributed by atoms with E-state index in [1.54, 1.807) is 18.2 Å². The molecule has 4 nitrogen and oxygen atoms in total. The van der Waals surface area contributed by atoms with Crippen molar-refractivity contribution in [3.8, 4) is 11.8 Å². The lowest BCUT2D eigenvalue weighted by Crippen LogP contribution is -2.12. The first-order chi connectivity index (χ1) is 7.24. The lowest BCUT2D eigenvalue weighted by Gasteiger charge is -1.98. The second-order valence-electron chi connectivity index (χ2n) is 2.90. The topological polar surface area (TPSA) is 63.2 Å². The van der Waals surface area contributed by atoms with Crippen LogP contribution in [0.3, 0.4) is 0 Å².